The Morgan fingerprint density at radius 3 is 2.28 bits per heavy atom. The van der Waals surface area contributed by atoms with Crippen LogP contribution in [0.15, 0.2) is 12.1 Å². The SMILES string of the molecule is Cc1cc(C(=O)N2CCN(C(=O)c3n[nH]c4c3CC(C)CC4)CC2)cc(C)c1O. The minimum Gasteiger partial charge on any atom is -0.507 e. The number of H-pyrrole nitrogens is 1. The van der Waals surface area contributed by atoms with Crippen LogP contribution in [0.25, 0.3) is 0 Å². The van der Waals surface area contributed by atoms with E-state index in [0.29, 0.717) is 54.5 Å². The zero-order valence-corrected chi connectivity index (χ0v) is 17.3. The van der Waals surface area contributed by atoms with Crippen LogP contribution in [0.2, 0.25) is 0 Å². The first-order chi connectivity index (χ1) is 13.8. The number of aromatic amines is 1. The molecule has 1 aliphatic heterocycles. The molecule has 0 radical (unpaired) electrons. The van der Waals surface area contributed by atoms with Crippen LogP contribution in [0, 0.1) is 19.8 Å². The minimum absolute atomic E-state index is 0.0416. The number of rotatable bonds is 2. The van der Waals surface area contributed by atoms with Gasteiger partial charge in [-0.15, -0.1) is 0 Å². The van der Waals surface area contributed by atoms with Gasteiger partial charge in [-0.2, -0.15) is 5.10 Å². The van der Waals surface area contributed by atoms with E-state index in [9.17, 15) is 14.7 Å². The molecule has 1 aliphatic carbocycles. The third kappa shape index (κ3) is 3.61. The second-order valence-electron chi connectivity index (χ2n) is 8.42. The molecule has 2 N–H and O–H groups in total. The number of hydrogen-bond donors (Lipinski definition) is 2. The summed E-state index contributed by atoms with van der Waals surface area (Å²) in [6, 6.07) is 3.44. The van der Waals surface area contributed by atoms with Gasteiger partial charge in [0.1, 0.15) is 5.75 Å². The number of carbonyl (C=O) groups is 2. The van der Waals surface area contributed by atoms with Crippen LogP contribution in [0.1, 0.15) is 56.6 Å². The van der Waals surface area contributed by atoms with Crippen LogP contribution < -0.4 is 0 Å². The molecule has 1 unspecified atom stereocenters. The van der Waals surface area contributed by atoms with Crippen LogP contribution in [-0.4, -0.2) is 63.1 Å². The smallest absolute Gasteiger partial charge is 0.274 e. The largest absolute Gasteiger partial charge is 0.507 e. The van der Waals surface area contributed by atoms with Crippen molar-refractivity contribution in [1.29, 1.82) is 0 Å². The molecule has 2 heterocycles. The molecule has 29 heavy (non-hydrogen) atoms. The van der Waals surface area contributed by atoms with Crippen molar-refractivity contribution in [3.05, 3.63) is 45.8 Å². The summed E-state index contributed by atoms with van der Waals surface area (Å²) in [6.45, 7) is 7.78. The summed E-state index contributed by atoms with van der Waals surface area (Å²) in [5.74, 6) is 0.696. The molecule has 154 valence electrons. The summed E-state index contributed by atoms with van der Waals surface area (Å²) in [7, 11) is 0. The first kappa shape index (κ1) is 19.5. The van der Waals surface area contributed by atoms with E-state index in [2.05, 4.69) is 17.1 Å². The molecule has 2 aromatic rings. The van der Waals surface area contributed by atoms with Crippen LogP contribution in [0.3, 0.4) is 0 Å². The number of nitrogens with zero attached hydrogens (tertiary/aromatic N) is 3. The summed E-state index contributed by atoms with van der Waals surface area (Å²) in [5, 5.41) is 17.3. The molecule has 2 amide bonds. The van der Waals surface area contributed by atoms with E-state index in [-0.39, 0.29) is 17.6 Å². The number of nitrogens with one attached hydrogen (secondary N) is 1. The Kier molecular flexibility index (Phi) is 5.06. The van der Waals surface area contributed by atoms with Crippen LogP contribution in [0.5, 0.6) is 5.75 Å². The highest BCUT2D eigenvalue weighted by Gasteiger charge is 2.30. The molecule has 0 spiro atoms. The summed E-state index contributed by atoms with van der Waals surface area (Å²) in [6.07, 6.45) is 2.97. The van der Waals surface area contributed by atoms with Crippen molar-refractivity contribution in [1.82, 2.24) is 20.0 Å². The van der Waals surface area contributed by atoms with Gasteiger partial charge in [0, 0.05) is 43.0 Å². The highest BCUT2D eigenvalue weighted by Crippen LogP contribution is 2.27. The van der Waals surface area contributed by atoms with Gasteiger partial charge in [0.15, 0.2) is 5.69 Å². The topological polar surface area (TPSA) is 89.5 Å². The number of phenolic OH excluding ortho intramolecular Hbond substituents is 1. The van der Waals surface area contributed by atoms with Gasteiger partial charge < -0.3 is 14.9 Å². The lowest BCUT2D eigenvalue weighted by molar-refractivity contribution is 0.0531. The van der Waals surface area contributed by atoms with E-state index in [0.717, 1.165) is 30.5 Å². The predicted octanol–water partition coefficient (Wildman–Crippen LogP) is 2.46. The fourth-order valence-corrected chi connectivity index (χ4v) is 4.37. The number of benzene rings is 1. The number of aromatic hydroxyl groups is 1. The van der Waals surface area contributed by atoms with Gasteiger partial charge in [0.2, 0.25) is 0 Å². The Morgan fingerprint density at radius 1 is 1.07 bits per heavy atom. The zero-order valence-electron chi connectivity index (χ0n) is 17.3. The molecule has 1 aromatic heterocycles. The number of carbonyl (C=O) groups excluding carboxylic acids is 2. The van der Waals surface area contributed by atoms with E-state index >= 15 is 0 Å². The van der Waals surface area contributed by atoms with Crippen molar-refractivity contribution < 1.29 is 14.7 Å². The van der Waals surface area contributed by atoms with Gasteiger partial charge in [0.25, 0.3) is 11.8 Å². The van der Waals surface area contributed by atoms with Gasteiger partial charge in [-0.3, -0.25) is 14.7 Å². The fraction of sp³-hybridized carbons (Fsp3) is 0.500. The zero-order chi connectivity index (χ0) is 20.7. The first-order valence-corrected chi connectivity index (χ1v) is 10.3. The van der Waals surface area contributed by atoms with Crippen molar-refractivity contribution in [2.75, 3.05) is 26.2 Å². The molecule has 2 aliphatic rings. The monoisotopic (exact) mass is 396 g/mol. The highest BCUT2D eigenvalue weighted by atomic mass is 16.3. The van der Waals surface area contributed by atoms with Crippen molar-refractivity contribution in [2.45, 2.75) is 40.0 Å². The van der Waals surface area contributed by atoms with Crippen LogP contribution in [-0.2, 0) is 12.8 Å². The molecule has 1 atom stereocenters. The molecule has 0 bridgehead atoms. The third-order valence-electron chi connectivity index (χ3n) is 6.19. The maximum Gasteiger partial charge on any atom is 0.274 e. The van der Waals surface area contributed by atoms with Crippen LogP contribution in [0.4, 0.5) is 0 Å². The Bertz CT molecular complexity index is 934. The summed E-state index contributed by atoms with van der Waals surface area (Å²) in [5.41, 5.74) is 4.68. The number of fused-ring (bicyclic) bond motifs is 1. The Morgan fingerprint density at radius 2 is 1.66 bits per heavy atom. The maximum atomic E-state index is 13.0. The molecule has 4 rings (SSSR count). The van der Waals surface area contributed by atoms with E-state index in [1.165, 1.54) is 0 Å². The molecule has 7 heteroatoms. The quantitative estimate of drug-likeness (QED) is 0.816. The lowest BCUT2D eigenvalue weighted by Gasteiger charge is -2.35. The molecule has 7 nitrogen and oxygen atoms in total. The van der Waals surface area contributed by atoms with Crippen LogP contribution >= 0.6 is 0 Å². The minimum atomic E-state index is -0.0609. The van der Waals surface area contributed by atoms with E-state index in [1.54, 1.807) is 35.8 Å². The number of aromatic nitrogens is 2. The molecule has 0 saturated carbocycles. The fourth-order valence-electron chi connectivity index (χ4n) is 4.37. The van der Waals surface area contributed by atoms with Gasteiger partial charge in [-0.1, -0.05) is 6.92 Å². The standard InChI is InChI=1S/C22H28N4O3/c1-13-4-5-18-17(10-13)19(24-23-18)22(29)26-8-6-25(7-9-26)21(28)16-11-14(2)20(27)15(3)12-16/h11-13,27H,4-10H2,1-3H3,(H,23,24). The summed E-state index contributed by atoms with van der Waals surface area (Å²) in [4.78, 5) is 29.5. The maximum absolute atomic E-state index is 13.0. The first-order valence-electron chi connectivity index (χ1n) is 10.3. The number of amides is 2. The average Bonchev–Trinajstić information content (AvgIpc) is 3.13. The molecule has 1 fully saturated rings. The number of phenols is 1. The lowest BCUT2D eigenvalue weighted by atomic mass is 9.87. The van der Waals surface area contributed by atoms with Crippen molar-refractivity contribution in [3.8, 4) is 5.75 Å². The van der Waals surface area contributed by atoms with Gasteiger partial charge >= 0.3 is 0 Å². The third-order valence-corrected chi connectivity index (χ3v) is 6.19. The summed E-state index contributed by atoms with van der Waals surface area (Å²) >= 11 is 0. The van der Waals surface area contributed by atoms with E-state index in [4.69, 9.17) is 0 Å². The van der Waals surface area contributed by atoms with Crippen molar-refractivity contribution in [3.63, 3.8) is 0 Å². The predicted molar refractivity (Wildman–Crippen MR) is 109 cm³/mol. The van der Waals surface area contributed by atoms with E-state index in [1.807, 2.05) is 0 Å². The van der Waals surface area contributed by atoms with Gasteiger partial charge in [-0.05, 0) is 62.3 Å². The molecular formula is C22H28N4O3. The highest BCUT2D eigenvalue weighted by molar-refractivity contribution is 5.96. The van der Waals surface area contributed by atoms with Crippen molar-refractivity contribution >= 4 is 11.8 Å². The van der Waals surface area contributed by atoms with Crippen molar-refractivity contribution in [2.24, 2.45) is 5.92 Å². The normalized spacial score (nSPS) is 19.2. The second-order valence-corrected chi connectivity index (χ2v) is 8.42. The second kappa shape index (κ2) is 7.54. The molecule has 1 saturated heterocycles. The lowest BCUT2D eigenvalue weighted by Crippen LogP contribution is -2.50. The Hall–Kier alpha value is -2.83. The number of aryl methyl sites for hydroxylation is 3. The number of piperazine rings is 1. The average molecular weight is 396 g/mol. The van der Waals surface area contributed by atoms with Gasteiger partial charge in [0.05, 0.1) is 0 Å². The Labute approximate surface area is 170 Å². The summed E-state index contributed by atoms with van der Waals surface area (Å²) < 4.78 is 0. The molecule has 1 aromatic carbocycles. The molecular weight excluding hydrogens is 368 g/mol. The van der Waals surface area contributed by atoms with E-state index < -0.39 is 0 Å². The Balaban J connectivity index is 1.43. The van der Waals surface area contributed by atoms with Gasteiger partial charge in [-0.25, -0.2) is 0 Å². The number of hydrogen-bond acceptors (Lipinski definition) is 4.